The molecule has 24 heavy (non-hydrogen) atoms. The molecule has 1 aliphatic rings. The van der Waals surface area contributed by atoms with E-state index in [0.717, 1.165) is 48.8 Å². The fourth-order valence-electron chi connectivity index (χ4n) is 2.75. The Morgan fingerprint density at radius 1 is 1.42 bits per heavy atom. The summed E-state index contributed by atoms with van der Waals surface area (Å²) in [5.41, 5.74) is 0.0354. The Bertz CT molecular complexity index is 727. The highest BCUT2D eigenvalue weighted by Gasteiger charge is 2.28. The lowest BCUT2D eigenvalue weighted by atomic mass is 9.93. The van der Waals surface area contributed by atoms with Gasteiger partial charge in [-0.15, -0.1) is 0 Å². The summed E-state index contributed by atoms with van der Waals surface area (Å²) >= 11 is 0. The summed E-state index contributed by atoms with van der Waals surface area (Å²) in [7, 11) is 1.82. The molecule has 8 heteroatoms. The van der Waals surface area contributed by atoms with Crippen LogP contribution < -0.4 is 10.1 Å². The lowest BCUT2D eigenvalue weighted by Crippen LogP contribution is -2.21. The van der Waals surface area contributed by atoms with Crippen molar-refractivity contribution in [2.75, 3.05) is 13.8 Å². The molecule has 1 aliphatic carbocycles. The molecule has 0 saturated carbocycles. The maximum absolute atomic E-state index is 13.5. The maximum Gasteiger partial charge on any atom is 0.347 e. The van der Waals surface area contributed by atoms with Crippen LogP contribution in [0.2, 0.25) is 0 Å². The molecule has 0 radical (unpaired) electrons. The van der Waals surface area contributed by atoms with Crippen LogP contribution in [-0.4, -0.2) is 25.0 Å². The first-order chi connectivity index (χ1) is 11.6. The number of nitrogens with zero attached hydrogens (tertiary/aromatic N) is 1. The summed E-state index contributed by atoms with van der Waals surface area (Å²) in [4.78, 5) is 11.8. The zero-order valence-corrected chi connectivity index (χ0v) is 13.0. The number of ether oxygens (including phenoxy) is 2. The topological polar surface area (TPSA) is 73.6 Å². The van der Waals surface area contributed by atoms with Crippen molar-refractivity contribution >= 4 is 5.97 Å². The number of aryl methyl sites for hydroxylation is 1. The molecule has 0 unspecified atom stereocenters. The Hall–Kier alpha value is -2.48. The molecule has 1 N–H and O–H groups in total. The largest absolute Gasteiger partial charge is 0.437 e. The molecule has 1 atom stereocenters. The van der Waals surface area contributed by atoms with Crippen LogP contribution in [0.5, 0.6) is 5.88 Å². The Labute approximate surface area is 136 Å². The molecule has 0 fully saturated rings. The van der Waals surface area contributed by atoms with Crippen LogP contribution in [0.4, 0.5) is 8.78 Å². The Morgan fingerprint density at radius 3 is 2.88 bits per heavy atom. The van der Waals surface area contributed by atoms with E-state index in [2.05, 4.69) is 10.5 Å². The number of hydrogen-bond acceptors (Lipinski definition) is 6. The maximum atomic E-state index is 13.5. The first-order valence-electron chi connectivity index (χ1n) is 7.51. The van der Waals surface area contributed by atoms with Crippen LogP contribution in [0.3, 0.4) is 0 Å². The van der Waals surface area contributed by atoms with Gasteiger partial charge < -0.3 is 19.3 Å². The van der Waals surface area contributed by atoms with E-state index in [4.69, 9.17) is 14.0 Å². The SMILES string of the molecule is CN[C@@H]1CCCc2onc(OCOC(=O)c3c(F)cccc3F)c21. The van der Waals surface area contributed by atoms with E-state index in [9.17, 15) is 13.6 Å². The van der Waals surface area contributed by atoms with Gasteiger partial charge in [-0.2, -0.15) is 0 Å². The number of halogens is 2. The second-order valence-corrected chi connectivity index (χ2v) is 5.35. The van der Waals surface area contributed by atoms with Gasteiger partial charge in [0.25, 0.3) is 5.88 Å². The second kappa shape index (κ2) is 6.96. The minimum atomic E-state index is -1.15. The quantitative estimate of drug-likeness (QED) is 0.667. The predicted octanol–water partition coefficient (Wildman–Crippen LogP) is 2.74. The molecule has 128 valence electrons. The first-order valence-corrected chi connectivity index (χ1v) is 7.51. The van der Waals surface area contributed by atoms with Crippen molar-refractivity contribution in [3.05, 3.63) is 46.7 Å². The van der Waals surface area contributed by atoms with Crippen molar-refractivity contribution in [1.82, 2.24) is 10.5 Å². The lowest BCUT2D eigenvalue weighted by Gasteiger charge is -2.20. The summed E-state index contributed by atoms with van der Waals surface area (Å²) in [6.07, 6.45) is 2.63. The molecular formula is C16H16F2N2O4. The Morgan fingerprint density at radius 2 is 2.17 bits per heavy atom. The van der Waals surface area contributed by atoms with Crippen LogP contribution in [0.15, 0.2) is 22.7 Å². The number of nitrogens with one attached hydrogen (secondary N) is 1. The van der Waals surface area contributed by atoms with Crippen LogP contribution in [-0.2, 0) is 11.2 Å². The first kappa shape index (κ1) is 16.4. The van der Waals surface area contributed by atoms with E-state index >= 15 is 0 Å². The number of esters is 1. The van der Waals surface area contributed by atoms with E-state index in [-0.39, 0.29) is 11.9 Å². The third kappa shape index (κ3) is 3.09. The summed E-state index contributed by atoms with van der Waals surface area (Å²) in [5.74, 6) is -2.19. The van der Waals surface area contributed by atoms with Gasteiger partial charge in [-0.3, -0.25) is 0 Å². The number of hydrogen-bond donors (Lipinski definition) is 1. The van der Waals surface area contributed by atoms with Gasteiger partial charge in [0.1, 0.15) is 23.0 Å². The van der Waals surface area contributed by atoms with Crippen molar-refractivity contribution in [3.63, 3.8) is 0 Å². The fourth-order valence-corrected chi connectivity index (χ4v) is 2.75. The van der Waals surface area contributed by atoms with Crippen LogP contribution >= 0.6 is 0 Å². The molecule has 0 aliphatic heterocycles. The van der Waals surface area contributed by atoms with Crippen molar-refractivity contribution in [2.24, 2.45) is 0 Å². The zero-order chi connectivity index (χ0) is 17.1. The molecule has 0 saturated heterocycles. The highest BCUT2D eigenvalue weighted by atomic mass is 19.1. The van der Waals surface area contributed by atoms with Crippen LogP contribution in [0.1, 0.15) is 40.6 Å². The number of rotatable bonds is 5. The normalized spacial score (nSPS) is 16.5. The monoisotopic (exact) mass is 338 g/mol. The predicted molar refractivity (Wildman–Crippen MR) is 78.5 cm³/mol. The summed E-state index contributed by atoms with van der Waals surface area (Å²) in [6, 6.07) is 3.16. The number of carbonyl (C=O) groups excluding carboxylic acids is 1. The van der Waals surface area contributed by atoms with Gasteiger partial charge in [0, 0.05) is 12.5 Å². The lowest BCUT2D eigenvalue weighted by molar-refractivity contribution is 0.0119. The molecule has 2 aromatic rings. The molecule has 1 aromatic heterocycles. The van der Waals surface area contributed by atoms with Crippen molar-refractivity contribution in [1.29, 1.82) is 0 Å². The van der Waals surface area contributed by atoms with E-state index in [1.54, 1.807) is 0 Å². The molecule has 3 rings (SSSR count). The van der Waals surface area contributed by atoms with Crippen molar-refractivity contribution in [3.8, 4) is 5.88 Å². The molecule has 6 nitrogen and oxygen atoms in total. The third-order valence-corrected chi connectivity index (χ3v) is 3.92. The molecule has 0 spiro atoms. The highest BCUT2D eigenvalue weighted by Crippen LogP contribution is 2.36. The standard InChI is InChI=1S/C16H16F2N2O4/c1-19-11-6-3-7-12-14(11)15(20-24-12)22-8-23-16(21)13-9(17)4-2-5-10(13)18/h2,4-5,11,19H,3,6-8H2,1H3/t11-/m1/s1. The summed E-state index contributed by atoms with van der Waals surface area (Å²) in [5, 5.41) is 6.96. The molecular weight excluding hydrogens is 322 g/mol. The Balaban J connectivity index is 1.65. The molecule has 0 amide bonds. The molecule has 0 bridgehead atoms. The number of fused-ring (bicyclic) bond motifs is 1. The van der Waals surface area contributed by atoms with Gasteiger partial charge in [-0.1, -0.05) is 6.07 Å². The second-order valence-electron chi connectivity index (χ2n) is 5.35. The van der Waals surface area contributed by atoms with E-state index in [1.165, 1.54) is 0 Å². The number of carbonyl (C=O) groups is 1. The van der Waals surface area contributed by atoms with Gasteiger partial charge in [0.05, 0.1) is 5.56 Å². The van der Waals surface area contributed by atoms with Crippen molar-refractivity contribution in [2.45, 2.75) is 25.3 Å². The fraction of sp³-hybridized carbons (Fsp3) is 0.375. The minimum absolute atomic E-state index is 0.0368. The van der Waals surface area contributed by atoms with E-state index in [1.807, 2.05) is 7.05 Å². The number of aromatic nitrogens is 1. The molecule has 1 heterocycles. The van der Waals surface area contributed by atoms with Crippen LogP contribution in [0, 0.1) is 11.6 Å². The average Bonchev–Trinajstić information content (AvgIpc) is 2.98. The van der Waals surface area contributed by atoms with Gasteiger partial charge in [-0.25, -0.2) is 13.6 Å². The summed E-state index contributed by atoms with van der Waals surface area (Å²) < 4.78 is 42.3. The van der Waals surface area contributed by atoms with Gasteiger partial charge in [0.2, 0.25) is 6.79 Å². The van der Waals surface area contributed by atoms with Gasteiger partial charge >= 0.3 is 5.97 Å². The third-order valence-electron chi connectivity index (χ3n) is 3.92. The highest BCUT2D eigenvalue weighted by molar-refractivity contribution is 5.89. The zero-order valence-electron chi connectivity index (χ0n) is 13.0. The van der Waals surface area contributed by atoms with E-state index in [0.29, 0.717) is 0 Å². The van der Waals surface area contributed by atoms with Crippen molar-refractivity contribution < 1.29 is 27.6 Å². The molecule has 1 aromatic carbocycles. The minimum Gasteiger partial charge on any atom is -0.437 e. The number of benzene rings is 1. The Kier molecular flexibility index (Phi) is 4.75. The smallest absolute Gasteiger partial charge is 0.347 e. The average molecular weight is 338 g/mol. The van der Waals surface area contributed by atoms with Gasteiger partial charge in [0.15, 0.2) is 0 Å². The van der Waals surface area contributed by atoms with Gasteiger partial charge in [-0.05, 0) is 37.2 Å². The van der Waals surface area contributed by atoms with E-state index < -0.39 is 30.0 Å². The van der Waals surface area contributed by atoms with Crippen LogP contribution in [0.25, 0.3) is 0 Å². The summed E-state index contributed by atoms with van der Waals surface area (Å²) in [6.45, 7) is -0.526.